The summed E-state index contributed by atoms with van der Waals surface area (Å²) in [7, 11) is 3.27. The number of hydrogen-bond donors (Lipinski definition) is 1. The second kappa shape index (κ2) is 12.5. The summed E-state index contributed by atoms with van der Waals surface area (Å²) in [5.41, 5.74) is 2.66. The Morgan fingerprint density at radius 2 is 1.39 bits per heavy atom. The van der Waals surface area contributed by atoms with Gasteiger partial charge in [-0.05, 0) is 61.0 Å². The van der Waals surface area contributed by atoms with Gasteiger partial charge in [-0.25, -0.2) is 4.39 Å². The number of benzene rings is 3. The average molecular weight is 492 g/mol. The van der Waals surface area contributed by atoms with Crippen molar-refractivity contribution >= 4 is 5.91 Å². The Balaban J connectivity index is 1.39. The highest BCUT2D eigenvalue weighted by atomic mass is 19.1. The van der Waals surface area contributed by atoms with E-state index >= 15 is 0 Å². The number of nitrogens with zero attached hydrogens (tertiary/aromatic N) is 2. The van der Waals surface area contributed by atoms with E-state index in [0.29, 0.717) is 18.7 Å². The van der Waals surface area contributed by atoms with Crippen molar-refractivity contribution in [2.75, 3.05) is 46.9 Å². The van der Waals surface area contributed by atoms with Crippen LogP contribution in [0.3, 0.4) is 0 Å². The van der Waals surface area contributed by atoms with Crippen molar-refractivity contribution in [1.29, 1.82) is 0 Å². The lowest BCUT2D eigenvalue weighted by Gasteiger charge is -2.24. The van der Waals surface area contributed by atoms with Crippen molar-refractivity contribution in [2.24, 2.45) is 0 Å². The van der Waals surface area contributed by atoms with Crippen molar-refractivity contribution < 1.29 is 18.7 Å². The van der Waals surface area contributed by atoms with Crippen molar-refractivity contribution in [3.63, 3.8) is 0 Å². The van der Waals surface area contributed by atoms with Crippen LogP contribution in [-0.2, 0) is 11.3 Å². The van der Waals surface area contributed by atoms with Crippen molar-refractivity contribution in [2.45, 2.75) is 19.0 Å². The maximum Gasteiger partial charge on any atom is 0.234 e. The van der Waals surface area contributed by atoms with Crippen LogP contribution in [0.4, 0.5) is 4.39 Å². The largest absolute Gasteiger partial charge is 0.497 e. The van der Waals surface area contributed by atoms with Crippen LogP contribution < -0.4 is 14.8 Å². The highest BCUT2D eigenvalue weighted by molar-refractivity contribution is 5.79. The molecular weight excluding hydrogens is 457 g/mol. The van der Waals surface area contributed by atoms with Gasteiger partial charge in [-0.15, -0.1) is 0 Å². The molecule has 1 aliphatic rings. The van der Waals surface area contributed by atoms with Crippen molar-refractivity contribution in [3.8, 4) is 11.5 Å². The topological polar surface area (TPSA) is 54.0 Å². The molecule has 4 rings (SSSR count). The zero-order valence-electron chi connectivity index (χ0n) is 21.0. The summed E-state index contributed by atoms with van der Waals surface area (Å²) in [5.74, 6) is 1.33. The minimum atomic E-state index is -0.293. The molecule has 1 fully saturated rings. The van der Waals surface area contributed by atoms with E-state index in [9.17, 15) is 9.18 Å². The molecule has 3 aromatic carbocycles. The van der Waals surface area contributed by atoms with Gasteiger partial charge in [-0.3, -0.25) is 14.6 Å². The van der Waals surface area contributed by atoms with Gasteiger partial charge in [0.25, 0.3) is 0 Å². The molecule has 0 radical (unpaired) electrons. The van der Waals surface area contributed by atoms with E-state index in [4.69, 9.17) is 9.47 Å². The fourth-order valence-electron chi connectivity index (χ4n) is 4.57. The van der Waals surface area contributed by atoms with Crippen molar-refractivity contribution in [3.05, 3.63) is 95.3 Å². The predicted octanol–water partition coefficient (Wildman–Crippen LogP) is 4.26. The predicted molar refractivity (Wildman–Crippen MR) is 139 cm³/mol. The Bertz CT molecular complexity index is 1070. The number of nitrogens with one attached hydrogen (secondary N) is 1. The van der Waals surface area contributed by atoms with Crippen molar-refractivity contribution in [1.82, 2.24) is 15.1 Å². The highest BCUT2D eigenvalue weighted by Gasteiger charge is 2.21. The quantitative estimate of drug-likeness (QED) is 0.485. The summed E-state index contributed by atoms with van der Waals surface area (Å²) in [6.45, 7) is 4.17. The molecule has 1 aliphatic heterocycles. The number of halogens is 1. The molecule has 1 amide bonds. The maximum atomic E-state index is 14.1. The lowest BCUT2D eigenvalue weighted by molar-refractivity contribution is -0.122. The first-order valence-electron chi connectivity index (χ1n) is 12.3. The van der Waals surface area contributed by atoms with Gasteiger partial charge < -0.3 is 14.8 Å². The second-order valence-electron chi connectivity index (χ2n) is 9.04. The van der Waals surface area contributed by atoms with Crippen LogP contribution in [0.5, 0.6) is 11.5 Å². The van der Waals surface area contributed by atoms with E-state index in [-0.39, 0.29) is 17.8 Å². The van der Waals surface area contributed by atoms with E-state index in [2.05, 4.69) is 15.1 Å². The highest BCUT2D eigenvalue weighted by Crippen LogP contribution is 2.26. The molecule has 0 aromatic heterocycles. The van der Waals surface area contributed by atoms with Crippen LogP contribution in [-0.4, -0.2) is 62.7 Å². The minimum Gasteiger partial charge on any atom is -0.497 e. The second-order valence-corrected chi connectivity index (χ2v) is 9.04. The molecule has 190 valence electrons. The average Bonchev–Trinajstić information content (AvgIpc) is 3.13. The number of carbonyl (C=O) groups excluding carboxylic acids is 1. The molecule has 0 aliphatic carbocycles. The monoisotopic (exact) mass is 491 g/mol. The third-order valence-electron chi connectivity index (χ3n) is 6.60. The van der Waals surface area contributed by atoms with Gasteiger partial charge in [-0.2, -0.15) is 0 Å². The summed E-state index contributed by atoms with van der Waals surface area (Å²) in [5, 5.41) is 3.23. The fraction of sp³-hybridized carbons (Fsp3) is 0.345. The van der Waals surface area contributed by atoms with E-state index in [1.165, 1.54) is 6.07 Å². The van der Waals surface area contributed by atoms with Crippen LogP contribution in [0.15, 0.2) is 72.8 Å². The standard InChI is InChI=1S/C29H34FN3O3/c1-35-25-12-8-22(9-13-25)29(23-10-14-26(36-2)15-11-23)31-28(34)21-33-17-5-16-32(18-19-33)20-24-6-3-4-7-27(24)30/h3-4,6-15,29H,5,16-21H2,1-2H3,(H,31,34). The number of methoxy groups -OCH3 is 2. The third kappa shape index (κ3) is 6.83. The number of carbonyl (C=O) groups is 1. The molecule has 1 saturated heterocycles. The van der Waals surface area contributed by atoms with Gasteiger partial charge in [0.15, 0.2) is 0 Å². The van der Waals surface area contributed by atoms with Gasteiger partial charge in [0.1, 0.15) is 17.3 Å². The van der Waals surface area contributed by atoms with Gasteiger partial charge >= 0.3 is 0 Å². The summed E-state index contributed by atoms with van der Waals surface area (Å²) >= 11 is 0. The number of amides is 1. The van der Waals surface area contributed by atoms with E-state index in [1.807, 2.05) is 60.7 Å². The van der Waals surface area contributed by atoms with Crippen LogP contribution in [0.1, 0.15) is 29.2 Å². The van der Waals surface area contributed by atoms with Crippen LogP contribution in [0.25, 0.3) is 0 Å². The molecule has 1 N–H and O–H groups in total. The Kier molecular flexibility index (Phi) is 8.92. The van der Waals surface area contributed by atoms with Gasteiger partial charge in [0.2, 0.25) is 5.91 Å². The Labute approximate surface area is 212 Å². The minimum absolute atomic E-state index is 0.0332. The fourth-order valence-corrected chi connectivity index (χ4v) is 4.57. The molecule has 0 saturated carbocycles. The normalized spacial score (nSPS) is 14.9. The summed E-state index contributed by atoms with van der Waals surface area (Å²) in [6, 6.07) is 22.1. The molecule has 36 heavy (non-hydrogen) atoms. The summed E-state index contributed by atoms with van der Waals surface area (Å²) in [6.07, 6.45) is 0.933. The van der Waals surface area contributed by atoms with Crippen LogP contribution >= 0.6 is 0 Å². The van der Waals surface area contributed by atoms with E-state index in [1.54, 1.807) is 20.3 Å². The first-order valence-corrected chi connectivity index (χ1v) is 12.3. The molecular formula is C29H34FN3O3. The number of ether oxygens (including phenoxy) is 2. The molecule has 1 heterocycles. The molecule has 0 atom stereocenters. The van der Waals surface area contributed by atoms with E-state index < -0.39 is 0 Å². The Morgan fingerprint density at radius 3 is 1.97 bits per heavy atom. The smallest absolute Gasteiger partial charge is 0.234 e. The van der Waals surface area contributed by atoms with Gasteiger partial charge in [0.05, 0.1) is 26.8 Å². The molecule has 7 heteroatoms. The zero-order valence-corrected chi connectivity index (χ0v) is 21.0. The molecule has 0 bridgehead atoms. The molecule has 0 unspecified atom stereocenters. The molecule has 0 spiro atoms. The lowest BCUT2D eigenvalue weighted by atomic mass is 9.98. The third-order valence-corrected chi connectivity index (χ3v) is 6.60. The number of rotatable bonds is 9. The first kappa shape index (κ1) is 25.7. The van der Waals surface area contributed by atoms with Gasteiger partial charge in [-0.1, -0.05) is 42.5 Å². The SMILES string of the molecule is COc1ccc(C(NC(=O)CN2CCCN(Cc3ccccc3F)CC2)c2ccc(OC)cc2)cc1. The molecule has 6 nitrogen and oxygen atoms in total. The van der Waals surface area contributed by atoms with E-state index in [0.717, 1.165) is 55.2 Å². The maximum absolute atomic E-state index is 14.1. The summed E-state index contributed by atoms with van der Waals surface area (Å²) < 4.78 is 24.7. The Morgan fingerprint density at radius 1 is 0.833 bits per heavy atom. The first-order chi connectivity index (χ1) is 17.6. The lowest BCUT2D eigenvalue weighted by Crippen LogP contribution is -2.40. The summed E-state index contributed by atoms with van der Waals surface area (Å²) in [4.78, 5) is 17.6. The molecule has 3 aromatic rings. The van der Waals surface area contributed by atoms with Crippen LogP contribution in [0.2, 0.25) is 0 Å². The zero-order chi connectivity index (χ0) is 25.3. The Hall–Kier alpha value is -3.42. The van der Waals surface area contributed by atoms with Crippen LogP contribution in [0, 0.1) is 5.82 Å². The number of hydrogen-bond acceptors (Lipinski definition) is 5. The van der Waals surface area contributed by atoms with Gasteiger partial charge in [0, 0.05) is 25.2 Å².